The maximum atomic E-state index is 11.1. The summed E-state index contributed by atoms with van der Waals surface area (Å²) in [7, 11) is 0. The summed E-state index contributed by atoms with van der Waals surface area (Å²) in [5.74, 6) is 3.04. The minimum Gasteiger partial charge on any atom is -0.389 e. The minimum absolute atomic E-state index is 0.296. The molecule has 0 aromatic carbocycles. The highest BCUT2D eigenvalue weighted by atomic mass is 16.3. The van der Waals surface area contributed by atoms with Crippen LogP contribution in [0.3, 0.4) is 0 Å². The van der Waals surface area contributed by atoms with Gasteiger partial charge in [-0.2, -0.15) is 0 Å². The number of fused-ring (bicyclic) bond motifs is 5. The molecule has 0 heterocycles. The van der Waals surface area contributed by atoms with Crippen LogP contribution in [0.4, 0.5) is 0 Å². The SMILES string of the molecule is CC(C)C(C)(O)C12CCCC1C1CCC2C1. The van der Waals surface area contributed by atoms with Crippen LogP contribution in [-0.4, -0.2) is 10.7 Å². The van der Waals surface area contributed by atoms with E-state index in [9.17, 15) is 5.11 Å². The molecule has 0 radical (unpaired) electrons. The number of hydrogen-bond acceptors (Lipinski definition) is 1. The molecule has 3 saturated carbocycles. The van der Waals surface area contributed by atoms with Gasteiger partial charge in [0.2, 0.25) is 0 Å². The van der Waals surface area contributed by atoms with Crippen LogP contribution in [0.1, 0.15) is 59.3 Å². The van der Waals surface area contributed by atoms with Gasteiger partial charge in [0.25, 0.3) is 0 Å². The lowest BCUT2D eigenvalue weighted by molar-refractivity contribution is -0.146. The van der Waals surface area contributed by atoms with Gasteiger partial charge in [0, 0.05) is 5.41 Å². The smallest absolute Gasteiger partial charge is 0.0703 e. The maximum absolute atomic E-state index is 11.1. The van der Waals surface area contributed by atoms with Gasteiger partial charge in [-0.05, 0) is 62.7 Å². The van der Waals surface area contributed by atoms with E-state index in [1.165, 1.54) is 38.5 Å². The van der Waals surface area contributed by atoms with E-state index in [0.29, 0.717) is 11.3 Å². The van der Waals surface area contributed by atoms with E-state index in [2.05, 4.69) is 20.8 Å². The first kappa shape index (κ1) is 11.1. The summed E-state index contributed by atoms with van der Waals surface area (Å²) in [6.07, 6.45) is 8.32. The predicted octanol–water partition coefficient (Wildman–Crippen LogP) is 3.61. The van der Waals surface area contributed by atoms with E-state index in [1.54, 1.807) is 0 Å². The largest absolute Gasteiger partial charge is 0.389 e. The molecule has 1 heteroatoms. The molecule has 0 spiro atoms. The van der Waals surface area contributed by atoms with Gasteiger partial charge in [-0.15, -0.1) is 0 Å². The summed E-state index contributed by atoms with van der Waals surface area (Å²) < 4.78 is 0. The fourth-order valence-electron chi connectivity index (χ4n) is 5.65. The molecule has 0 aromatic heterocycles. The molecule has 3 aliphatic rings. The van der Waals surface area contributed by atoms with Crippen LogP contribution < -0.4 is 0 Å². The van der Waals surface area contributed by atoms with Crippen molar-refractivity contribution in [3.8, 4) is 0 Å². The van der Waals surface area contributed by atoms with E-state index in [-0.39, 0.29) is 0 Å². The molecule has 1 N–H and O–H groups in total. The van der Waals surface area contributed by atoms with Crippen molar-refractivity contribution in [2.45, 2.75) is 64.9 Å². The second-order valence-electron chi connectivity index (χ2n) is 7.11. The lowest BCUT2D eigenvalue weighted by Crippen LogP contribution is -2.54. The van der Waals surface area contributed by atoms with Gasteiger partial charge in [0.1, 0.15) is 0 Å². The van der Waals surface area contributed by atoms with Crippen molar-refractivity contribution in [2.75, 3.05) is 0 Å². The second-order valence-corrected chi connectivity index (χ2v) is 7.11. The van der Waals surface area contributed by atoms with E-state index >= 15 is 0 Å². The molecule has 92 valence electrons. The van der Waals surface area contributed by atoms with Gasteiger partial charge in [-0.1, -0.05) is 20.3 Å². The molecule has 1 nitrogen and oxygen atoms in total. The van der Waals surface area contributed by atoms with E-state index in [1.807, 2.05) is 0 Å². The minimum atomic E-state index is -0.437. The third-order valence-corrected chi connectivity index (χ3v) is 6.60. The Labute approximate surface area is 99.6 Å². The first-order chi connectivity index (χ1) is 7.50. The average Bonchev–Trinajstić information content (AvgIpc) is 2.89. The number of rotatable bonds is 2. The first-order valence-corrected chi connectivity index (χ1v) is 7.22. The van der Waals surface area contributed by atoms with Crippen molar-refractivity contribution in [1.29, 1.82) is 0 Å². The molecule has 3 rings (SSSR count). The molecule has 0 aliphatic heterocycles. The molecule has 3 fully saturated rings. The molecule has 5 unspecified atom stereocenters. The average molecular weight is 222 g/mol. The summed E-state index contributed by atoms with van der Waals surface area (Å²) in [6.45, 7) is 6.54. The van der Waals surface area contributed by atoms with Crippen LogP contribution in [0, 0.1) is 29.1 Å². The van der Waals surface area contributed by atoms with Crippen LogP contribution in [0.2, 0.25) is 0 Å². The van der Waals surface area contributed by atoms with Crippen LogP contribution in [-0.2, 0) is 0 Å². The van der Waals surface area contributed by atoms with Crippen LogP contribution in [0.15, 0.2) is 0 Å². The normalized spacial score (nSPS) is 49.7. The number of aliphatic hydroxyl groups is 1. The summed E-state index contributed by atoms with van der Waals surface area (Å²) in [6, 6.07) is 0. The van der Waals surface area contributed by atoms with E-state index < -0.39 is 5.60 Å². The van der Waals surface area contributed by atoms with Crippen molar-refractivity contribution in [2.24, 2.45) is 29.1 Å². The highest BCUT2D eigenvalue weighted by Crippen LogP contribution is 2.70. The molecule has 3 aliphatic carbocycles. The Balaban J connectivity index is 2.02. The van der Waals surface area contributed by atoms with Gasteiger partial charge in [0.15, 0.2) is 0 Å². The summed E-state index contributed by atoms with van der Waals surface area (Å²) >= 11 is 0. The third-order valence-electron chi connectivity index (χ3n) is 6.60. The Kier molecular flexibility index (Phi) is 2.25. The number of hydrogen-bond donors (Lipinski definition) is 1. The predicted molar refractivity (Wildman–Crippen MR) is 66.1 cm³/mol. The van der Waals surface area contributed by atoms with Gasteiger partial charge in [-0.3, -0.25) is 0 Å². The lowest BCUT2D eigenvalue weighted by atomic mass is 9.56. The van der Waals surface area contributed by atoms with E-state index in [0.717, 1.165) is 17.8 Å². The summed E-state index contributed by atoms with van der Waals surface area (Å²) in [5.41, 5.74) is -0.141. The molecule has 5 atom stereocenters. The van der Waals surface area contributed by atoms with Crippen LogP contribution in [0.25, 0.3) is 0 Å². The molecule has 2 bridgehead atoms. The van der Waals surface area contributed by atoms with Gasteiger partial charge >= 0.3 is 0 Å². The topological polar surface area (TPSA) is 20.2 Å². The lowest BCUT2D eigenvalue weighted by Gasteiger charge is -2.52. The standard InChI is InChI=1S/C15H26O/c1-10(2)14(3,16)15-8-4-5-13(15)11-6-7-12(15)9-11/h10-13,16H,4-9H2,1-3H3. The fraction of sp³-hybridized carbons (Fsp3) is 1.00. The van der Waals surface area contributed by atoms with Crippen LogP contribution >= 0.6 is 0 Å². The molecule has 16 heavy (non-hydrogen) atoms. The maximum Gasteiger partial charge on any atom is 0.0703 e. The Bertz CT molecular complexity index is 294. The molecule has 0 saturated heterocycles. The third kappa shape index (κ3) is 1.06. The van der Waals surface area contributed by atoms with Gasteiger partial charge in [-0.25, -0.2) is 0 Å². The quantitative estimate of drug-likeness (QED) is 0.756. The van der Waals surface area contributed by atoms with Crippen molar-refractivity contribution >= 4 is 0 Å². The zero-order valence-electron chi connectivity index (χ0n) is 11.0. The highest BCUT2D eigenvalue weighted by molar-refractivity contribution is 5.16. The van der Waals surface area contributed by atoms with Crippen molar-refractivity contribution < 1.29 is 5.11 Å². The van der Waals surface area contributed by atoms with Crippen molar-refractivity contribution in [1.82, 2.24) is 0 Å². The van der Waals surface area contributed by atoms with Gasteiger partial charge < -0.3 is 5.11 Å². The van der Waals surface area contributed by atoms with Crippen molar-refractivity contribution in [3.05, 3.63) is 0 Å². The zero-order chi connectivity index (χ0) is 11.6. The zero-order valence-corrected chi connectivity index (χ0v) is 11.0. The van der Waals surface area contributed by atoms with Gasteiger partial charge in [0.05, 0.1) is 5.60 Å². The highest BCUT2D eigenvalue weighted by Gasteiger charge is 2.66. The Morgan fingerprint density at radius 1 is 1.25 bits per heavy atom. The Hall–Kier alpha value is -0.0400. The fourth-order valence-corrected chi connectivity index (χ4v) is 5.65. The molecular formula is C15H26O. The monoisotopic (exact) mass is 222 g/mol. The van der Waals surface area contributed by atoms with Crippen molar-refractivity contribution in [3.63, 3.8) is 0 Å². The Morgan fingerprint density at radius 2 is 2.00 bits per heavy atom. The Morgan fingerprint density at radius 3 is 2.69 bits per heavy atom. The second kappa shape index (κ2) is 3.25. The summed E-state index contributed by atoms with van der Waals surface area (Å²) in [4.78, 5) is 0. The first-order valence-electron chi connectivity index (χ1n) is 7.22. The molecular weight excluding hydrogens is 196 g/mol. The molecule has 0 amide bonds. The van der Waals surface area contributed by atoms with Crippen LogP contribution in [0.5, 0.6) is 0 Å². The molecule has 0 aromatic rings. The summed E-state index contributed by atoms with van der Waals surface area (Å²) in [5, 5.41) is 11.1. The van der Waals surface area contributed by atoms with E-state index in [4.69, 9.17) is 0 Å².